The van der Waals surface area contributed by atoms with Gasteiger partial charge in [0.1, 0.15) is 17.6 Å². The number of halogens is 1. The van der Waals surface area contributed by atoms with Crippen molar-refractivity contribution in [2.45, 2.75) is 45.3 Å². The Bertz CT molecular complexity index is 1070. The zero-order valence-electron chi connectivity index (χ0n) is 18.9. The summed E-state index contributed by atoms with van der Waals surface area (Å²) in [4.78, 5) is 29.6. The molecule has 0 saturated carbocycles. The lowest BCUT2D eigenvalue weighted by molar-refractivity contribution is -0.108. The fourth-order valence-corrected chi connectivity index (χ4v) is 3.98. The van der Waals surface area contributed by atoms with Gasteiger partial charge in [-0.05, 0) is 62.2 Å². The number of methoxy groups -OCH3 is 1. The van der Waals surface area contributed by atoms with Gasteiger partial charge < -0.3 is 24.2 Å². The van der Waals surface area contributed by atoms with Crippen LogP contribution in [-0.2, 0) is 16.1 Å². The van der Waals surface area contributed by atoms with E-state index in [9.17, 15) is 9.59 Å². The first kappa shape index (κ1) is 23.9. The van der Waals surface area contributed by atoms with Crippen LogP contribution in [0.1, 0.15) is 44.2 Å². The van der Waals surface area contributed by atoms with E-state index in [4.69, 9.17) is 9.47 Å². The van der Waals surface area contributed by atoms with Gasteiger partial charge in [0.05, 0.1) is 7.11 Å². The fourth-order valence-electron chi connectivity index (χ4n) is 3.62. The van der Waals surface area contributed by atoms with Crippen LogP contribution in [0.25, 0.3) is 10.9 Å². The van der Waals surface area contributed by atoms with E-state index in [0.717, 1.165) is 38.5 Å². The quantitative estimate of drug-likeness (QED) is 0.382. The molecule has 170 valence electrons. The average Bonchev–Trinajstić information content (AvgIpc) is 3.15. The van der Waals surface area contributed by atoms with Crippen LogP contribution in [0.15, 0.2) is 53.1 Å². The van der Waals surface area contributed by atoms with Crippen LogP contribution in [0, 0.1) is 0 Å². The number of carbonyl (C=O) groups excluding carboxylic acids is 2. The van der Waals surface area contributed by atoms with E-state index >= 15 is 0 Å². The third-order valence-electron chi connectivity index (χ3n) is 5.12. The number of fused-ring (bicyclic) bond motifs is 1. The van der Waals surface area contributed by atoms with Crippen molar-refractivity contribution in [3.05, 3.63) is 64.3 Å². The molecular formula is C25H29BrN2O4. The predicted molar refractivity (Wildman–Crippen MR) is 129 cm³/mol. The number of hydrogen-bond acceptors (Lipinski definition) is 4. The number of aromatic amines is 1. The maximum absolute atomic E-state index is 13.1. The van der Waals surface area contributed by atoms with Crippen LogP contribution in [0.3, 0.4) is 0 Å². The Labute approximate surface area is 197 Å². The molecule has 0 spiro atoms. The highest BCUT2D eigenvalue weighted by molar-refractivity contribution is 9.10. The molecule has 0 saturated heterocycles. The highest BCUT2D eigenvalue weighted by Crippen LogP contribution is 2.31. The van der Waals surface area contributed by atoms with E-state index in [1.54, 1.807) is 12.0 Å². The van der Waals surface area contributed by atoms with Gasteiger partial charge >= 0.3 is 6.09 Å². The zero-order chi connectivity index (χ0) is 23.3. The van der Waals surface area contributed by atoms with Crippen molar-refractivity contribution in [3.63, 3.8) is 0 Å². The largest absolute Gasteiger partial charge is 0.497 e. The summed E-state index contributed by atoms with van der Waals surface area (Å²) in [6, 6.07) is 13.6. The van der Waals surface area contributed by atoms with Gasteiger partial charge in [0.25, 0.3) is 0 Å². The number of aldehydes is 1. The number of rotatable bonds is 8. The molecule has 7 heteroatoms. The molecule has 3 aromatic rings. The standard InChI is InChI=1S/C25H29BrN2O4/c1-25(2,3)32-24(30)28(15-17-5-8-20(31-4)9-6-17)16-18(11-12-29)22-14-27-23-10-7-19(26)13-21(22)23/h5-10,12-14,18,27H,11,15-16H2,1-4H3/t18-/m0/s1. The third-order valence-corrected chi connectivity index (χ3v) is 5.61. The van der Waals surface area contributed by atoms with E-state index in [1.807, 2.05) is 69.4 Å². The van der Waals surface area contributed by atoms with E-state index in [-0.39, 0.29) is 5.92 Å². The number of nitrogens with zero attached hydrogens (tertiary/aromatic N) is 1. The number of H-pyrrole nitrogens is 1. The zero-order valence-corrected chi connectivity index (χ0v) is 20.4. The molecule has 0 unspecified atom stereocenters. The molecule has 0 fully saturated rings. The summed E-state index contributed by atoms with van der Waals surface area (Å²) < 4.78 is 11.9. The van der Waals surface area contributed by atoms with Crippen LogP contribution in [0.4, 0.5) is 4.79 Å². The Morgan fingerprint density at radius 3 is 2.53 bits per heavy atom. The van der Waals surface area contributed by atoms with Crippen molar-refractivity contribution < 1.29 is 19.1 Å². The first-order valence-electron chi connectivity index (χ1n) is 10.5. The van der Waals surface area contributed by atoms with Gasteiger partial charge in [0, 0.05) is 47.0 Å². The lowest BCUT2D eigenvalue weighted by Gasteiger charge is -2.30. The number of ether oxygens (including phenoxy) is 2. The van der Waals surface area contributed by atoms with Gasteiger partial charge in [-0.25, -0.2) is 4.79 Å². The normalized spacial score (nSPS) is 12.4. The van der Waals surface area contributed by atoms with Crippen LogP contribution < -0.4 is 4.74 Å². The molecule has 0 radical (unpaired) electrons. The second kappa shape index (κ2) is 10.2. The summed E-state index contributed by atoms with van der Waals surface area (Å²) >= 11 is 3.52. The molecule has 1 N–H and O–H groups in total. The Kier molecular flexibility index (Phi) is 7.61. The highest BCUT2D eigenvalue weighted by Gasteiger charge is 2.27. The minimum Gasteiger partial charge on any atom is -0.497 e. The Hall–Kier alpha value is -2.80. The lowest BCUT2D eigenvalue weighted by Crippen LogP contribution is -2.38. The molecule has 0 aliphatic heterocycles. The summed E-state index contributed by atoms with van der Waals surface area (Å²) in [6.45, 7) is 6.24. The Morgan fingerprint density at radius 1 is 1.19 bits per heavy atom. The average molecular weight is 501 g/mol. The van der Waals surface area contributed by atoms with E-state index in [0.29, 0.717) is 19.5 Å². The smallest absolute Gasteiger partial charge is 0.410 e. The summed E-state index contributed by atoms with van der Waals surface area (Å²) in [5.74, 6) is 0.571. The second-order valence-corrected chi connectivity index (χ2v) is 9.66. The molecule has 3 rings (SSSR count). The number of hydrogen-bond donors (Lipinski definition) is 1. The summed E-state index contributed by atoms with van der Waals surface area (Å²) in [7, 11) is 1.62. The van der Waals surface area contributed by atoms with E-state index in [2.05, 4.69) is 20.9 Å². The molecule has 2 aromatic carbocycles. The Morgan fingerprint density at radius 2 is 1.91 bits per heavy atom. The van der Waals surface area contributed by atoms with E-state index in [1.165, 1.54) is 0 Å². The minimum atomic E-state index is -0.624. The van der Waals surface area contributed by atoms with E-state index < -0.39 is 11.7 Å². The van der Waals surface area contributed by atoms with Crippen molar-refractivity contribution in [2.24, 2.45) is 0 Å². The van der Waals surface area contributed by atoms with Crippen molar-refractivity contribution in [1.29, 1.82) is 0 Å². The van der Waals surface area contributed by atoms with Crippen molar-refractivity contribution in [2.75, 3.05) is 13.7 Å². The molecule has 32 heavy (non-hydrogen) atoms. The monoisotopic (exact) mass is 500 g/mol. The third kappa shape index (κ3) is 6.13. The molecule has 1 aromatic heterocycles. The second-order valence-electron chi connectivity index (χ2n) is 8.74. The molecule has 1 heterocycles. The maximum atomic E-state index is 13.1. The molecule has 6 nitrogen and oxygen atoms in total. The summed E-state index contributed by atoms with van der Waals surface area (Å²) in [5, 5.41) is 1.03. The molecule has 1 atom stereocenters. The topological polar surface area (TPSA) is 71.6 Å². The van der Waals surface area contributed by atoms with Gasteiger partial charge in [-0.2, -0.15) is 0 Å². The van der Waals surface area contributed by atoms with Gasteiger partial charge in [-0.15, -0.1) is 0 Å². The van der Waals surface area contributed by atoms with Gasteiger partial charge in [0.2, 0.25) is 0 Å². The van der Waals surface area contributed by atoms with Crippen LogP contribution in [0.5, 0.6) is 5.75 Å². The van der Waals surface area contributed by atoms with Crippen LogP contribution >= 0.6 is 15.9 Å². The van der Waals surface area contributed by atoms with Crippen LogP contribution in [0.2, 0.25) is 0 Å². The van der Waals surface area contributed by atoms with Crippen molar-refractivity contribution >= 4 is 39.2 Å². The predicted octanol–water partition coefficient (Wildman–Crippen LogP) is 6.05. The number of nitrogens with one attached hydrogen (secondary N) is 1. The van der Waals surface area contributed by atoms with Crippen molar-refractivity contribution in [1.82, 2.24) is 9.88 Å². The number of aromatic nitrogens is 1. The van der Waals surface area contributed by atoms with Gasteiger partial charge in [-0.3, -0.25) is 0 Å². The summed E-state index contributed by atoms with van der Waals surface area (Å²) in [6.07, 6.45) is 2.71. The van der Waals surface area contributed by atoms with Gasteiger partial charge in [0.15, 0.2) is 0 Å². The van der Waals surface area contributed by atoms with Gasteiger partial charge in [-0.1, -0.05) is 28.1 Å². The SMILES string of the molecule is COc1ccc(CN(C[C@H](CC=O)c2c[nH]c3ccc(Br)cc23)C(=O)OC(C)(C)C)cc1. The fraction of sp³-hybridized carbons (Fsp3) is 0.360. The number of amides is 1. The first-order valence-corrected chi connectivity index (χ1v) is 11.3. The summed E-state index contributed by atoms with van der Waals surface area (Å²) in [5.41, 5.74) is 2.30. The molecule has 0 bridgehead atoms. The number of carbonyl (C=O) groups is 2. The molecular weight excluding hydrogens is 472 g/mol. The maximum Gasteiger partial charge on any atom is 0.410 e. The minimum absolute atomic E-state index is 0.179. The van der Waals surface area contributed by atoms with Crippen LogP contribution in [-0.4, -0.2) is 41.5 Å². The first-order chi connectivity index (χ1) is 15.2. The molecule has 1 amide bonds. The number of benzene rings is 2. The molecule has 0 aliphatic carbocycles. The molecule has 0 aliphatic rings. The highest BCUT2D eigenvalue weighted by atomic mass is 79.9. The lowest BCUT2D eigenvalue weighted by atomic mass is 9.95. The van der Waals surface area contributed by atoms with Crippen molar-refractivity contribution in [3.8, 4) is 5.75 Å². The Balaban J connectivity index is 1.92.